The second-order valence-electron chi connectivity index (χ2n) is 5.84. The van der Waals surface area contributed by atoms with Crippen molar-refractivity contribution in [2.24, 2.45) is 0 Å². The van der Waals surface area contributed by atoms with Crippen LogP contribution in [0.2, 0.25) is 0 Å². The van der Waals surface area contributed by atoms with Gasteiger partial charge in [-0.15, -0.1) is 0 Å². The van der Waals surface area contributed by atoms with Crippen LogP contribution >= 0.6 is 0 Å². The van der Waals surface area contributed by atoms with E-state index >= 15 is 0 Å². The largest absolute Gasteiger partial charge is 0.480 e. The minimum absolute atomic E-state index is 0.151. The van der Waals surface area contributed by atoms with Gasteiger partial charge in [-0.1, -0.05) is 30.3 Å². The van der Waals surface area contributed by atoms with E-state index in [1.807, 2.05) is 24.3 Å². The quantitative estimate of drug-likeness (QED) is 0.802. The van der Waals surface area contributed by atoms with E-state index in [-0.39, 0.29) is 11.5 Å². The first-order valence-corrected chi connectivity index (χ1v) is 9.36. The smallest absolute Gasteiger partial charge is 0.329 e. The van der Waals surface area contributed by atoms with E-state index in [1.165, 1.54) is 0 Å². The SMILES string of the molecule is O=C(O)CO[C@@H]1COCC[C@H]1NS(=O)(=O)c1ccc2ccccc2c1. The van der Waals surface area contributed by atoms with Crippen LogP contribution < -0.4 is 4.72 Å². The van der Waals surface area contributed by atoms with E-state index in [0.29, 0.717) is 13.0 Å². The van der Waals surface area contributed by atoms with E-state index in [2.05, 4.69) is 4.72 Å². The molecular weight excluding hydrogens is 346 g/mol. The van der Waals surface area contributed by atoms with Crippen molar-refractivity contribution in [2.75, 3.05) is 19.8 Å². The Balaban J connectivity index is 1.79. The molecule has 3 rings (SSSR count). The molecular formula is C17H19NO6S. The maximum absolute atomic E-state index is 12.7. The highest BCUT2D eigenvalue weighted by atomic mass is 32.2. The zero-order valence-electron chi connectivity index (χ0n) is 13.4. The van der Waals surface area contributed by atoms with Gasteiger partial charge in [-0.05, 0) is 29.3 Å². The third kappa shape index (κ3) is 4.35. The molecule has 1 heterocycles. The number of nitrogens with one attached hydrogen (secondary N) is 1. The Kier molecular flexibility index (Phi) is 5.33. The molecule has 0 aliphatic carbocycles. The number of carboxylic acids is 1. The van der Waals surface area contributed by atoms with Crippen LogP contribution in [0, 0.1) is 0 Å². The summed E-state index contributed by atoms with van der Waals surface area (Å²) in [6.45, 7) is 0.0399. The summed E-state index contributed by atoms with van der Waals surface area (Å²) in [5, 5.41) is 10.5. The molecule has 1 aliphatic heterocycles. The summed E-state index contributed by atoms with van der Waals surface area (Å²) >= 11 is 0. The second kappa shape index (κ2) is 7.49. The highest BCUT2D eigenvalue weighted by molar-refractivity contribution is 7.89. The lowest BCUT2D eigenvalue weighted by atomic mass is 10.1. The molecule has 0 radical (unpaired) electrons. The summed E-state index contributed by atoms with van der Waals surface area (Å²) in [6, 6.07) is 11.9. The number of carboxylic acid groups (broad SMARTS) is 1. The first kappa shape index (κ1) is 17.8. The van der Waals surface area contributed by atoms with Gasteiger partial charge >= 0.3 is 5.97 Å². The number of carbonyl (C=O) groups is 1. The molecule has 0 spiro atoms. The average Bonchev–Trinajstić information content (AvgIpc) is 2.60. The molecule has 2 atom stereocenters. The van der Waals surface area contributed by atoms with Crippen molar-refractivity contribution in [1.82, 2.24) is 4.72 Å². The predicted octanol–water partition coefficient (Wildman–Crippen LogP) is 1.38. The first-order chi connectivity index (χ1) is 12.0. The van der Waals surface area contributed by atoms with Crippen molar-refractivity contribution in [3.05, 3.63) is 42.5 Å². The maximum Gasteiger partial charge on any atom is 0.329 e. The maximum atomic E-state index is 12.7. The molecule has 2 aromatic rings. The summed E-state index contributed by atoms with van der Waals surface area (Å²) in [4.78, 5) is 10.8. The molecule has 0 aromatic heterocycles. The Morgan fingerprint density at radius 3 is 2.76 bits per heavy atom. The number of rotatable bonds is 6. The van der Waals surface area contributed by atoms with Crippen molar-refractivity contribution in [3.63, 3.8) is 0 Å². The number of fused-ring (bicyclic) bond motifs is 1. The lowest BCUT2D eigenvalue weighted by molar-refractivity contribution is -0.148. The lowest BCUT2D eigenvalue weighted by Crippen LogP contribution is -2.50. The van der Waals surface area contributed by atoms with Gasteiger partial charge in [-0.2, -0.15) is 0 Å². The van der Waals surface area contributed by atoms with Gasteiger partial charge < -0.3 is 14.6 Å². The Bertz CT molecular complexity index is 866. The molecule has 0 unspecified atom stereocenters. The Labute approximate surface area is 145 Å². The topological polar surface area (TPSA) is 102 Å². The van der Waals surface area contributed by atoms with E-state index < -0.39 is 34.7 Å². The zero-order valence-corrected chi connectivity index (χ0v) is 14.2. The summed E-state index contributed by atoms with van der Waals surface area (Å²) in [5.41, 5.74) is 0. The zero-order chi connectivity index (χ0) is 17.9. The van der Waals surface area contributed by atoms with Crippen molar-refractivity contribution in [1.29, 1.82) is 0 Å². The molecule has 1 aliphatic rings. The molecule has 25 heavy (non-hydrogen) atoms. The van der Waals surface area contributed by atoms with Crippen LogP contribution in [0.3, 0.4) is 0 Å². The van der Waals surface area contributed by atoms with Crippen molar-refractivity contribution in [3.8, 4) is 0 Å². The van der Waals surface area contributed by atoms with E-state index in [4.69, 9.17) is 14.6 Å². The van der Waals surface area contributed by atoms with Gasteiger partial charge in [-0.3, -0.25) is 0 Å². The van der Waals surface area contributed by atoms with Crippen LogP contribution in [0.1, 0.15) is 6.42 Å². The van der Waals surface area contributed by atoms with E-state index in [1.54, 1.807) is 18.2 Å². The van der Waals surface area contributed by atoms with Crippen LogP contribution in [0.4, 0.5) is 0 Å². The van der Waals surface area contributed by atoms with E-state index in [9.17, 15) is 13.2 Å². The summed E-state index contributed by atoms with van der Waals surface area (Å²) in [7, 11) is -3.76. The number of hydrogen-bond acceptors (Lipinski definition) is 5. The second-order valence-corrected chi connectivity index (χ2v) is 7.56. The monoisotopic (exact) mass is 365 g/mol. The third-order valence-electron chi connectivity index (χ3n) is 4.06. The molecule has 134 valence electrons. The van der Waals surface area contributed by atoms with Crippen molar-refractivity contribution >= 4 is 26.8 Å². The van der Waals surface area contributed by atoms with Gasteiger partial charge in [0.25, 0.3) is 0 Å². The van der Waals surface area contributed by atoms with Gasteiger partial charge in [0, 0.05) is 6.61 Å². The average molecular weight is 365 g/mol. The number of aliphatic carboxylic acids is 1. The molecule has 7 nitrogen and oxygen atoms in total. The third-order valence-corrected chi connectivity index (χ3v) is 5.55. The fourth-order valence-electron chi connectivity index (χ4n) is 2.79. The molecule has 1 fully saturated rings. The van der Waals surface area contributed by atoms with Gasteiger partial charge in [0.15, 0.2) is 0 Å². The highest BCUT2D eigenvalue weighted by Crippen LogP contribution is 2.21. The number of sulfonamides is 1. The molecule has 1 saturated heterocycles. The van der Waals surface area contributed by atoms with Crippen molar-refractivity contribution in [2.45, 2.75) is 23.5 Å². The fourth-order valence-corrected chi connectivity index (χ4v) is 4.12. The van der Waals surface area contributed by atoms with E-state index in [0.717, 1.165) is 10.8 Å². The lowest BCUT2D eigenvalue weighted by Gasteiger charge is -2.31. The summed E-state index contributed by atoms with van der Waals surface area (Å²) < 4.78 is 38.6. The van der Waals surface area contributed by atoms with Crippen LogP contribution in [0.25, 0.3) is 10.8 Å². The van der Waals surface area contributed by atoms with Gasteiger partial charge in [0.05, 0.1) is 23.6 Å². The molecule has 0 amide bonds. The minimum Gasteiger partial charge on any atom is -0.480 e. The van der Waals surface area contributed by atoms with Gasteiger partial charge in [-0.25, -0.2) is 17.9 Å². The molecule has 0 bridgehead atoms. The molecule has 2 aromatic carbocycles. The fraction of sp³-hybridized carbons (Fsp3) is 0.353. The number of ether oxygens (including phenoxy) is 2. The van der Waals surface area contributed by atoms with Gasteiger partial charge in [0.1, 0.15) is 6.61 Å². The Hall–Kier alpha value is -2.00. The Morgan fingerprint density at radius 1 is 1.24 bits per heavy atom. The Morgan fingerprint density at radius 2 is 2.00 bits per heavy atom. The molecule has 0 saturated carbocycles. The summed E-state index contributed by atoms with van der Waals surface area (Å²) in [6.07, 6.45) is -0.225. The standard InChI is InChI=1S/C17H19NO6S/c19-17(20)11-24-16-10-23-8-7-15(16)18-25(21,22)14-6-5-12-3-1-2-4-13(12)9-14/h1-6,9,15-16,18H,7-8,10-11H2,(H,19,20)/t15-,16-/m1/s1. The van der Waals surface area contributed by atoms with Crippen LogP contribution in [0.5, 0.6) is 0 Å². The summed E-state index contributed by atoms with van der Waals surface area (Å²) in [5.74, 6) is -1.11. The normalized spacial score (nSPS) is 21.3. The van der Waals surface area contributed by atoms with Crippen LogP contribution in [0.15, 0.2) is 47.4 Å². The molecule has 8 heteroatoms. The number of benzene rings is 2. The van der Waals surface area contributed by atoms with Crippen molar-refractivity contribution < 1.29 is 27.8 Å². The molecule has 2 N–H and O–H groups in total. The first-order valence-electron chi connectivity index (χ1n) is 7.88. The van der Waals surface area contributed by atoms with Crippen LogP contribution in [-0.4, -0.2) is 51.5 Å². The van der Waals surface area contributed by atoms with Crippen LogP contribution in [-0.2, 0) is 24.3 Å². The minimum atomic E-state index is -3.76. The highest BCUT2D eigenvalue weighted by Gasteiger charge is 2.31. The van der Waals surface area contributed by atoms with Gasteiger partial charge in [0.2, 0.25) is 10.0 Å². The predicted molar refractivity (Wildman–Crippen MR) is 90.9 cm³/mol. The number of hydrogen-bond donors (Lipinski definition) is 2.